The van der Waals surface area contributed by atoms with E-state index in [1.54, 1.807) is 12.3 Å². The molecule has 0 atom stereocenters. The molecule has 0 saturated heterocycles. The van der Waals surface area contributed by atoms with Gasteiger partial charge in [-0.25, -0.2) is 4.98 Å². The van der Waals surface area contributed by atoms with Crippen LogP contribution < -0.4 is 10.5 Å². The average molecular weight is 328 g/mol. The van der Waals surface area contributed by atoms with Crippen molar-refractivity contribution >= 4 is 27.5 Å². The minimum atomic E-state index is 0.385. The van der Waals surface area contributed by atoms with Gasteiger partial charge in [0.1, 0.15) is 10.8 Å². The molecule has 94 valence electrons. The van der Waals surface area contributed by atoms with Crippen molar-refractivity contribution in [3.63, 3.8) is 0 Å². The van der Waals surface area contributed by atoms with Gasteiger partial charge < -0.3 is 10.5 Å². The molecule has 5 heteroatoms. The summed E-state index contributed by atoms with van der Waals surface area (Å²) in [5, 5.41) is 0.457. The van der Waals surface area contributed by atoms with Crippen molar-refractivity contribution in [2.24, 2.45) is 5.73 Å². The van der Waals surface area contributed by atoms with Crippen LogP contribution in [0.3, 0.4) is 0 Å². The zero-order valence-electron chi connectivity index (χ0n) is 9.78. The highest BCUT2D eigenvalue weighted by Gasteiger charge is 2.06. The molecule has 1 heterocycles. The Balaban J connectivity index is 2.25. The molecule has 0 fully saturated rings. The Kier molecular flexibility index (Phi) is 4.22. The summed E-state index contributed by atoms with van der Waals surface area (Å²) < 4.78 is 6.67. The maximum atomic E-state index is 6.08. The molecule has 3 nitrogen and oxygen atoms in total. The first-order valence-electron chi connectivity index (χ1n) is 5.38. The van der Waals surface area contributed by atoms with Crippen LogP contribution in [0.4, 0.5) is 0 Å². The van der Waals surface area contributed by atoms with Crippen LogP contribution in [0, 0.1) is 6.92 Å². The highest BCUT2D eigenvalue weighted by molar-refractivity contribution is 9.10. The summed E-state index contributed by atoms with van der Waals surface area (Å²) in [6, 6.07) is 7.45. The molecule has 0 aliphatic heterocycles. The second-order valence-corrected chi connectivity index (χ2v) is 5.11. The molecule has 1 aromatic heterocycles. The van der Waals surface area contributed by atoms with Gasteiger partial charge in [-0.2, -0.15) is 0 Å². The lowest BCUT2D eigenvalue weighted by atomic mass is 10.2. The first-order chi connectivity index (χ1) is 8.60. The maximum absolute atomic E-state index is 6.08. The molecular formula is C13H12BrClN2O. The summed E-state index contributed by atoms with van der Waals surface area (Å²) in [6.07, 6.45) is 1.66. The molecular weight excluding hydrogens is 316 g/mol. The fourth-order valence-corrected chi connectivity index (χ4v) is 1.92. The number of aromatic nitrogens is 1. The highest BCUT2D eigenvalue weighted by Crippen LogP contribution is 2.29. The molecule has 0 saturated carbocycles. The van der Waals surface area contributed by atoms with E-state index < -0.39 is 0 Å². The van der Waals surface area contributed by atoms with Crippen LogP contribution in [0.2, 0.25) is 5.02 Å². The standard InChI is InChI=1S/C13H12BrClN2O/c1-8-4-10(2-3-11(8)14)18-13-12(15)5-9(6-16)7-17-13/h2-5,7H,6,16H2,1H3. The van der Waals surface area contributed by atoms with Crippen LogP contribution in [0.1, 0.15) is 11.1 Å². The average Bonchev–Trinajstić information content (AvgIpc) is 2.36. The SMILES string of the molecule is Cc1cc(Oc2ncc(CN)cc2Cl)ccc1Br. The van der Waals surface area contributed by atoms with Gasteiger partial charge in [-0.05, 0) is 42.3 Å². The van der Waals surface area contributed by atoms with Crippen LogP contribution in [0.5, 0.6) is 11.6 Å². The van der Waals surface area contributed by atoms with Gasteiger partial charge in [0.05, 0.1) is 0 Å². The van der Waals surface area contributed by atoms with Gasteiger partial charge >= 0.3 is 0 Å². The Morgan fingerprint density at radius 3 is 2.78 bits per heavy atom. The van der Waals surface area contributed by atoms with E-state index >= 15 is 0 Å². The monoisotopic (exact) mass is 326 g/mol. The molecule has 0 spiro atoms. The summed E-state index contributed by atoms with van der Waals surface area (Å²) >= 11 is 9.51. The Bertz CT molecular complexity index is 575. The van der Waals surface area contributed by atoms with Crippen molar-refractivity contribution in [3.8, 4) is 11.6 Å². The number of hydrogen-bond acceptors (Lipinski definition) is 3. The number of ether oxygens (including phenoxy) is 1. The lowest BCUT2D eigenvalue weighted by Gasteiger charge is -2.08. The van der Waals surface area contributed by atoms with Gasteiger partial charge in [0.2, 0.25) is 5.88 Å². The van der Waals surface area contributed by atoms with E-state index in [4.69, 9.17) is 22.1 Å². The van der Waals surface area contributed by atoms with E-state index in [0.29, 0.717) is 23.2 Å². The quantitative estimate of drug-likeness (QED) is 0.925. The fraction of sp³-hybridized carbons (Fsp3) is 0.154. The molecule has 2 aromatic rings. The van der Waals surface area contributed by atoms with Crippen molar-refractivity contribution in [1.82, 2.24) is 4.98 Å². The van der Waals surface area contributed by atoms with E-state index in [0.717, 1.165) is 15.6 Å². The smallest absolute Gasteiger partial charge is 0.238 e. The van der Waals surface area contributed by atoms with E-state index in [9.17, 15) is 0 Å². The van der Waals surface area contributed by atoms with Crippen LogP contribution in [0.25, 0.3) is 0 Å². The van der Waals surface area contributed by atoms with Gasteiger partial charge in [-0.15, -0.1) is 0 Å². The van der Waals surface area contributed by atoms with Gasteiger partial charge in [-0.1, -0.05) is 27.5 Å². The van der Waals surface area contributed by atoms with Gasteiger partial charge in [0.25, 0.3) is 0 Å². The number of aryl methyl sites for hydroxylation is 1. The third-order valence-corrected chi connectivity index (χ3v) is 3.60. The second-order valence-electron chi connectivity index (χ2n) is 3.85. The molecule has 0 amide bonds. The number of pyridine rings is 1. The minimum absolute atomic E-state index is 0.385. The third kappa shape index (κ3) is 3.02. The second kappa shape index (κ2) is 5.69. The van der Waals surface area contributed by atoms with Gasteiger partial charge in [0, 0.05) is 17.2 Å². The highest BCUT2D eigenvalue weighted by atomic mass is 79.9. The molecule has 0 radical (unpaired) electrons. The Morgan fingerprint density at radius 1 is 1.39 bits per heavy atom. The van der Waals surface area contributed by atoms with Crippen LogP contribution >= 0.6 is 27.5 Å². The van der Waals surface area contributed by atoms with E-state index in [-0.39, 0.29) is 0 Å². The normalized spacial score (nSPS) is 10.4. The van der Waals surface area contributed by atoms with Crippen molar-refractivity contribution in [2.45, 2.75) is 13.5 Å². The zero-order valence-corrected chi connectivity index (χ0v) is 12.1. The number of halogens is 2. The molecule has 0 bridgehead atoms. The predicted octanol–water partition coefficient (Wildman–Crippen LogP) is 4.06. The molecule has 18 heavy (non-hydrogen) atoms. The van der Waals surface area contributed by atoms with E-state index in [2.05, 4.69) is 20.9 Å². The summed E-state index contributed by atoms with van der Waals surface area (Å²) in [5.74, 6) is 1.08. The summed E-state index contributed by atoms with van der Waals surface area (Å²) in [5.41, 5.74) is 7.47. The third-order valence-electron chi connectivity index (χ3n) is 2.44. The number of rotatable bonds is 3. The number of benzene rings is 1. The topological polar surface area (TPSA) is 48.1 Å². The summed E-state index contributed by atoms with van der Waals surface area (Å²) in [7, 11) is 0. The molecule has 0 unspecified atom stereocenters. The van der Waals surface area contributed by atoms with Crippen molar-refractivity contribution in [2.75, 3.05) is 0 Å². The molecule has 2 N–H and O–H groups in total. The van der Waals surface area contributed by atoms with E-state index in [1.165, 1.54) is 0 Å². The maximum Gasteiger partial charge on any atom is 0.238 e. The van der Waals surface area contributed by atoms with Crippen molar-refractivity contribution < 1.29 is 4.74 Å². The van der Waals surface area contributed by atoms with Crippen LogP contribution in [-0.2, 0) is 6.54 Å². The number of nitrogens with two attached hydrogens (primary N) is 1. The van der Waals surface area contributed by atoms with Gasteiger partial charge in [0.15, 0.2) is 0 Å². The molecule has 1 aromatic carbocycles. The zero-order chi connectivity index (χ0) is 13.1. The first kappa shape index (κ1) is 13.3. The molecule has 0 aliphatic carbocycles. The minimum Gasteiger partial charge on any atom is -0.438 e. The summed E-state index contributed by atoms with van der Waals surface area (Å²) in [4.78, 5) is 4.15. The number of hydrogen-bond donors (Lipinski definition) is 1. The largest absolute Gasteiger partial charge is 0.438 e. The molecule has 0 aliphatic rings. The predicted molar refractivity (Wildman–Crippen MR) is 76.1 cm³/mol. The lowest BCUT2D eigenvalue weighted by molar-refractivity contribution is 0.462. The van der Waals surface area contributed by atoms with Crippen LogP contribution in [-0.4, -0.2) is 4.98 Å². The van der Waals surface area contributed by atoms with E-state index in [1.807, 2.05) is 25.1 Å². The van der Waals surface area contributed by atoms with Crippen LogP contribution in [0.15, 0.2) is 34.9 Å². The first-order valence-corrected chi connectivity index (χ1v) is 6.55. The lowest BCUT2D eigenvalue weighted by Crippen LogP contribution is -1.98. The Hall–Kier alpha value is -1.10. The van der Waals surface area contributed by atoms with Gasteiger partial charge in [-0.3, -0.25) is 0 Å². The molecule has 2 rings (SSSR count). The van der Waals surface area contributed by atoms with Crippen molar-refractivity contribution in [1.29, 1.82) is 0 Å². The number of nitrogens with zero attached hydrogens (tertiary/aromatic N) is 1. The summed E-state index contributed by atoms with van der Waals surface area (Å²) in [6.45, 7) is 2.40. The fourth-order valence-electron chi connectivity index (χ4n) is 1.44. The van der Waals surface area contributed by atoms with Crippen molar-refractivity contribution in [3.05, 3.63) is 51.1 Å². The Labute approximate surface area is 119 Å². The Morgan fingerprint density at radius 2 is 2.17 bits per heavy atom.